The third-order valence-electron chi connectivity index (χ3n) is 5.01. The standard InChI is InChI=1S/C23H21BrN4O4/c1-14-12-26-23-19(7-9-21(30)32-13-31-15(2)29)27-22(18-5-3-4-10-25-18)17-11-16(24)6-8-20(17)28(14)23/h3-6,8,10-12,19H,7,9,13H2,1-2H3/t19-/m0/s1. The first-order valence-corrected chi connectivity index (χ1v) is 10.9. The molecule has 0 unspecified atom stereocenters. The second kappa shape index (κ2) is 9.44. The number of carbonyl (C=O) groups is 2. The summed E-state index contributed by atoms with van der Waals surface area (Å²) in [6, 6.07) is 11.3. The molecule has 9 heteroatoms. The van der Waals surface area contributed by atoms with Crippen LogP contribution in [-0.4, -0.2) is 39.0 Å². The van der Waals surface area contributed by atoms with Crippen LogP contribution < -0.4 is 0 Å². The lowest BCUT2D eigenvalue weighted by Crippen LogP contribution is -2.13. The van der Waals surface area contributed by atoms with E-state index in [1.54, 1.807) is 12.4 Å². The number of aliphatic imine (C=N–C) groups is 1. The van der Waals surface area contributed by atoms with Gasteiger partial charge < -0.3 is 9.47 Å². The number of carbonyl (C=O) groups excluding carboxylic acids is 2. The van der Waals surface area contributed by atoms with Crippen LogP contribution in [0.4, 0.5) is 0 Å². The molecule has 0 amide bonds. The summed E-state index contributed by atoms with van der Waals surface area (Å²) in [6.07, 6.45) is 4.00. The van der Waals surface area contributed by atoms with Gasteiger partial charge >= 0.3 is 11.9 Å². The molecule has 0 saturated carbocycles. The molecule has 0 fully saturated rings. The molecule has 0 saturated heterocycles. The maximum Gasteiger partial charge on any atom is 0.308 e. The van der Waals surface area contributed by atoms with E-state index in [1.165, 1.54) is 6.92 Å². The molecule has 2 aromatic heterocycles. The van der Waals surface area contributed by atoms with Gasteiger partial charge in [-0.25, -0.2) is 4.98 Å². The molecule has 1 aromatic carbocycles. The highest BCUT2D eigenvalue weighted by Crippen LogP contribution is 2.34. The van der Waals surface area contributed by atoms with E-state index in [9.17, 15) is 9.59 Å². The zero-order valence-electron chi connectivity index (χ0n) is 17.6. The van der Waals surface area contributed by atoms with Crippen molar-refractivity contribution in [3.63, 3.8) is 0 Å². The molecule has 0 bridgehead atoms. The Morgan fingerprint density at radius 3 is 2.75 bits per heavy atom. The van der Waals surface area contributed by atoms with Gasteiger partial charge in [-0.1, -0.05) is 22.0 Å². The lowest BCUT2D eigenvalue weighted by atomic mass is 10.0. The fourth-order valence-corrected chi connectivity index (χ4v) is 3.95. The first-order valence-electron chi connectivity index (χ1n) is 10.1. The second-order valence-corrected chi connectivity index (χ2v) is 8.19. The van der Waals surface area contributed by atoms with Crippen LogP contribution in [0.25, 0.3) is 5.69 Å². The van der Waals surface area contributed by atoms with E-state index in [-0.39, 0.29) is 6.42 Å². The van der Waals surface area contributed by atoms with Crippen molar-refractivity contribution in [3.8, 4) is 5.69 Å². The number of imidazole rings is 1. The van der Waals surface area contributed by atoms with Gasteiger partial charge in [-0.15, -0.1) is 0 Å². The topological polar surface area (TPSA) is 95.7 Å². The Labute approximate surface area is 193 Å². The number of rotatable bonds is 6. The molecular formula is C23H21BrN4O4. The molecule has 3 heterocycles. The van der Waals surface area contributed by atoms with Crippen LogP contribution in [0, 0.1) is 6.92 Å². The summed E-state index contributed by atoms with van der Waals surface area (Å²) < 4.78 is 12.6. The Bertz CT molecular complexity index is 1190. The molecule has 3 aromatic rings. The van der Waals surface area contributed by atoms with Crippen LogP contribution >= 0.6 is 15.9 Å². The number of aromatic nitrogens is 3. The summed E-state index contributed by atoms with van der Waals surface area (Å²) in [7, 11) is 0. The fourth-order valence-electron chi connectivity index (χ4n) is 3.59. The predicted octanol–water partition coefficient (Wildman–Crippen LogP) is 4.07. The number of ether oxygens (including phenoxy) is 2. The molecule has 1 atom stereocenters. The number of hydrogen-bond acceptors (Lipinski definition) is 7. The maximum atomic E-state index is 12.2. The van der Waals surface area contributed by atoms with Crippen LogP contribution in [0.15, 0.2) is 58.3 Å². The van der Waals surface area contributed by atoms with Gasteiger partial charge in [-0.2, -0.15) is 0 Å². The monoisotopic (exact) mass is 496 g/mol. The SMILES string of the molecule is CC(=O)OCOC(=O)CC[C@@H]1N=C(c2ccccn2)c2cc(Br)ccc2-n2c(C)cnc21. The number of esters is 2. The van der Waals surface area contributed by atoms with Gasteiger partial charge in [0.2, 0.25) is 6.79 Å². The van der Waals surface area contributed by atoms with Crippen LogP contribution in [0.3, 0.4) is 0 Å². The smallest absolute Gasteiger partial charge is 0.308 e. The molecule has 0 aliphatic carbocycles. The number of nitrogens with zero attached hydrogens (tertiary/aromatic N) is 4. The molecule has 0 spiro atoms. The van der Waals surface area contributed by atoms with Crippen molar-refractivity contribution >= 4 is 33.6 Å². The fraction of sp³-hybridized carbons (Fsp3) is 0.261. The molecule has 1 aliphatic heterocycles. The molecule has 1 aliphatic rings. The minimum atomic E-state index is -0.507. The first kappa shape index (κ1) is 21.9. The van der Waals surface area contributed by atoms with E-state index < -0.39 is 24.8 Å². The van der Waals surface area contributed by atoms with Gasteiger partial charge in [0.25, 0.3) is 0 Å². The van der Waals surface area contributed by atoms with Crippen molar-refractivity contribution in [3.05, 3.63) is 76.0 Å². The molecule has 0 N–H and O–H groups in total. The second-order valence-electron chi connectivity index (χ2n) is 7.27. The third kappa shape index (κ3) is 4.62. The van der Waals surface area contributed by atoms with Crippen molar-refractivity contribution < 1.29 is 19.1 Å². The number of halogens is 1. The van der Waals surface area contributed by atoms with Crippen molar-refractivity contribution in [2.24, 2.45) is 4.99 Å². The Kier molecular flexibility index (Phi) is 6.45. The normalized spacial score (nSPS) is 14.6. The van der Waals surface area contributed by atoms with E-state index in [1.807, 2.05) is 43.3 Å². The van der Waals surface area contributed by atoms with Crippen molar-refractivity contribution in [1.82, 2.24) is 14.5 Å². The zero-order valence-corrected chi connectivity index (χ0v) is 19.2. The van der Waals surface area contributed by atoms with Crippen molar-refractivity contribution in [2.75, 3.05) is 6.79 Å². The highest BCUT2D eigenvalue weighted by atomic mass is 79.9. The van der Waals surface area contributed by atoms with E-state index in [2.05, 4.69) is 35.2 Å². The van der Waals surface area contributed by atoms with Crippen LogP contribution in [0.5, 0.6) is 0 Å². The zero-order chi connectivity index (χ0) is 22.7. The quantitative estimate of drug-likeness (QED) is 0.376. The van der Waals surface area contributed by atoms with Gasteiger partial charge in [0.05, 0.1) is 17.1 Å². The summed E-state index contributed by atoms with van der Waals surface area (Å²) >= 11 is 3.57. The number of benzene rings is 1. The highest BCUT2D eigenvalue weighted by molar-refractivity contribution is 9.10. The molecule has 164 valence electrons. The number of hydrogen-bond donors (Lipinski definition) is 0. The lowest BCUT2D eigenvalue weighted by Gasteiger charge is -2.14. The number of pyridine rings is 1. The molecular weight excluding hydrogens is 476 g/mol. The van der Waals surface area contributed by atoms with Gasteiger partial charge in [0.15, 0.2) is 0 Å². The molecule has 4 rings (SSSR count). The van der Waals surface area contributed by atoms with Gasteiger partial charge in [-0.3, -0.25) is 24.1 Å². The summed E-state index contributed by atoms with van der Waals surface area (Å²) in [4.78, 5) is 37.2. The number of aryl methyl sites for hydroxylation is 1. The van der Waals surface area contributed by atoms with E-state index in [0.29, 0.717) is 6.42 Å². The van der Waals surface area contributed by atoms with E-state index in [0.717, 1.165) is 38.6 Å². The largest absolute Gasteiger partial charge is 0.428 e. The summed E-state index contributed by atoms with van der Waals surface area (Å²) in [5.74, 6) is -0.238. The van der Waals surface area contributed by atoms with Crippen LogP contribution in [0.2, 0.25) is 0 Å². The lowest BCUT2D eigenvalue weighted by molar-refractivity contribution is -0.165. The van der Waals surface area contributed by atoms with Gasteiger partial charge in [0.1, 0.15) is 11.9 Å². The number of fused-ring (bicyclic) bond motifs is 3. The average molecular weight is 497 g/mol. The minimum Gasteiger partial charge on any atom is -0.428 e. The summed E-state index contributed by atoms with van der Waals surface area (Å²) in [5.41, 5.74) is 4.29. The Balaban J connectivity index is 1.72. The molecule has 0 radical (unpaired) electrons. The van der Waals surface area contributed by atoms with E-state index >= 15 is 0 Å². The maximum absolute atomic E-state index is 12.2. The molecule has 8 nitrogen and oxygen atoms in total. The summed E-state index contributed by atoms with van der Waals surface area (Å²) in [6.45, 7) is 2.85. The summed E-state index contributed by atoms with van der Waals surface area (Å²) in [5, 5.41) is 0. The van der Waals surface area contributed by atoms with Gasteiger partial charge in [-0.05, 0) is 43.7 Å². The Hall–Kier alpha value is -3.33. The van der Waals surface area contributed by atoms with Crippen LogP contribution in [-0.2, 0) is 19.1 Å². The van der Waals surface area contributed by atoms with Crippen molar-refractivity contribution in [1.29, 1.82) is 0 Å². The molecule has 32 heavy (non-hydrogen) atoms. The van der Waals surface area contributed by atoms with E-state index in [4.69, 9.17) is 9.73 Å². The highest BCUT2D eigenvalue weighted by Gasteiger charge is 2.28. The van der Waals surface area contributed by atoms with Crippen molar-refractivity contribution in [2.45, 2.75) is 32.7 Å². The Morgan fingerprint density at radius 1 is 1.16 bits per heavy atom. The predicted molar refractivity (Wildman–Crippen MR) is 121 cm³/mol. The van der Waals surface area contributed by atoms with Gasteiger partial charge in [0, 0.05) is 41.5 Å². The first-order chi connectivity index (χ1) is 15.4. The minimum absolute atomic E-state index is 0.0941. The average Bonchev–Trinajstić information content (AvgIpc) is 3.09. The third-order valence-corrected chi connectivity index (χ3v) is 5.51. The van der Waals surface area contributed by atoms with Crippen LogP contribution in [0.1, 0.15) is 48.6 Å². The Morgan fingerprint density at radius 2 is 2.00 bits per heavy atom.